The Balaban J connectivity index is -0.000000506. The quantitative estimate of drug-likeness (QED) is 0.447. The Labute approximate surface area is 209 Å². The topological polar surface area (TPSA) is 116 Å². The van der Waals surface area contributed by atoms with Crippen molar-refractivity contribution in [2.45, 2.75) is 120 Å². The summed E-state index contributed by atoms with van der Waals surface area (Å²) in [6.07, 6.45) is 2.38. The fourth-order valence-corrected chi connectivity index (χ4v) is 3.47. The molecule has 3 atom stereocenters. The number of carbonyl (C=O) groups excluding carboxylic acids is 4. The van der Waals surface area contributed by atoms with Crippen LogP contribution in [0.25, 0.3) is 0 Å². The first-order chi connectivity index (χ1) is 16.0. The number of aliphatic hydroxyl groups excluding tert-OH is 1. The Morgan fingerprint density at radius 2 is 1.47 bits per heavy atom. The first-order valence-electron chi connectivity index (χ1n) is 12.8. The number of hydrogen-bond acceptors (Lipinski definition) is 6. The zero-order chi connectivity index (χ0) is 28.1. The van der Waals surface area contributed by atoms with Crippen LogP contribution in [0, 0.1) is 5.41 Å². The largest absolute Gasteiger partial charge is 0.400 e. The molecule has 0 radical (unpaired) electrons. The number of rotatable bonds is 8. The molecule has 0 aliphatic carbocycles. The molecule has 1 heterocycles. The maximum atomic E-state index is 13.0. The molecule has 3 N–H and O–H groups in total. The van der Waals surface area contributed by atoms with E-state index in [1.54, 1.807) is 11.9 Å². The van der Waals surface area contributed by atoms with Crippen molar-refractivity contribution in [3.05, 3.63) is 0 Å². The van der Waals surface area contributed by atoms with Gasteiger partial charge in [0.15, 0.2) is 5.78 Å². The highest BCUT2D eigenvalue weighted by molar-refractivity contribution is 6.38. The van der Waals surface area contributed by atoms with Crippen LogP contribution in [0.15, 0.2) is 0 Å². The predicted octanol–water partition coefficient (Wildman–Crippen LogP) is 3.74. The van der Waals surface area contributed by atoms with Gasteiger partial charge in [-0.2, -0.15) is 0 Å². The van der Waals surface area contributed by atoms with Gasteiger partial charge in [0.25, 0.3) is 0 Å². The smallest absolute Gasteiger partial charge is 0.243 e. The zero-order valence-corrected chi connectivity index (χ0v) is 24.3. The van der Waals surface area contributed by atoms with Gasteiger partial charge in [-0.05, 0) is 31.7 Å². The average Bonchev–Trinajstić information content (AvgIpc) is 3.33. The van der Waals surface area contributed by atoms with E-state index in [1.807, 2.05) is 69.2 Å². The summed E-state index contributed by atoms with van der Waals surface area (Å²) >= 11 is 0. The highest BCUT2D eigenvalue weighted by atomic mass is 16.2. The van der Waals surface area contributed by atoms with Gasteiger partial charge < -0.3 is 20.6 Å². The second-order valence-electron chi connectivity index (χ2n) is 8.05. The second kappa shape index (κ2) is 23.0. The summed E-state index contributed by atoms with van der Waals surface area (Å²) in [6.45, 7) is 21.5. The van der Waals surface area contributed by atoms with Gasteiger partial charge in [-0.3, -0.25) is 19.2 Å². The number of amides is 2. The maximum absolute atomic E-state index is 13.0. The molecule has 204 valence electrons. The monoisotopic (exact) mass is 489 g/mol. The fraction of sp³-hybridized carbons (Fsp3) is 0.846. The van der Waals surface area contributed by atoms with E-state index in [0.29, 0.717) is 25.8 Å². The van der Waals surface area contributed by atoms with E-state index in [1.165, 1.54) is 6.92 Å². The molecule has 1 saturated heterocycles. The number of nitrogens with one attached hydrogen (secondary N) is 2. The first-order valence-corrected chi connectivity index (χ1v) is 12.8. The van der Waals surface area contributed by atoms with Crippen molar-refractivity contribution < 1.29 is 24.3 Å². The van der Waals surface area contributed by atoms with E-state index >= 15 is 0 Å². The summed E-state index contributed by atoms with van der Waals surface area (Å²) in [6, 6.07) is -1.81. The lowest BCUT2D eigenvalue weighted by Crippen LogP contribution is -2.57. The maximum Gasteiger partial charge on any atom is 0.243 e. The van der Waals surface area contributed by atoms with E-state index in [-0.39, 0.29) is 17.2 Å². The van der Waals surface area contributed by atoms with Gasteiger partial charge >= 0.3 is 0 Å². The Morgan fingerprint density at radius 3 is 1.82 bits per heavy atom. The third-order valence-corrected chi connectivity index (χ3v) is 4.80. The lowest BCUT2D eigenvalue weighted by molar-refractivity contribution is -0.143. The average molecular weight is 490 g/mol. The van der Waals surface area contributed by atoms with Crippen molar-refractivity contribution >= 4 is 23.4 Å². The molecule has 0 aromatic heterocycles. The van der Waals surface area contributed by atoms with E-state index in [4.69, 9.17) is 5.11 Å². The van der Waals surface area contributed by atoms with Crippen molar-refractivity contribution in [1.82, 2.24) is 15.5 Å². The molecule has 0 spiro atoms. The van der Waals surface area contributed by atoms with Crippen LogP contribution in [0.4, 0.5) is 0 Å². The van der Waals surface area contributed by atoms with E-state index in [0.717, 1.165) is 13.5 Å². The molecule has 1 fully saturated rings. The van der Waals surface area contributed by atoms with Crippen LogP contribution in [-0.4, -0.2) is 72.2 Å². The van der Waals surface area contributed by atoms with Crippen LogP contribution >= 0.6 is 0 Å². The van der Waals surface area contributed by atoms with Gasteiger partial charge in [0.05, 0.1) is 12.1 Å². The SMILES string of the molecule is CC.CC.CC.CCCC(NC(=O)C1CCCN1C(=O)C(NC)C(C)(C)C)C(=O)C(C)=O.CO. The third kappa shape index (κ3) is 13.8. The number of hydrogen-bond donors (Lipinski definition) is 3. The first kappa shape index (κ1) is 39.4. The van der Waals surface area contributed by atoms with Crippen LogP contribution in [0.2, 0.25) is 0 Å². The molecule has 34 heavy (non-hydrogen) atoms. The summed E-state index contributed by atoms with van der Waals surface area (Å²) in [4.78, 5) is 50.7. The highest BCUT2D eigenvalue weighted by Gasteiger charge is 2.41. The Hall–Kier alpha value is -1.80. The summed E-state index contributed by atoms with van der Waals surface area (Å²) < 4.78 is 0. The van der Waals surface area contributed by atoms with Crippen LogP contribution in [0.3, 0.4) is 0 Å². The van der Waals surface area contributed by atoms with Crippen LogP contribution in [-0.2, 0) is 19.2 Å². The van der Waals surface area contributed by atoms with Crippen LogP contribution in [0.5, 0.6) is 0 Å². The number of likely N-dealkylation sites (tertiary alicyclic amines) is 1. The standard InChI is InChI=1S/C19H33N3O4.3C2H6.CH4O/c1-7-9-13(15(24)12(2)23)21-17(25)14-10-8-11-22(14)18(26)16(20-6)19(3,4)5;4*1-2/h13-14,16,20H,7-11H2,1-6H3,(H,21,25);3*1-2H3;2H,1H3. The van der Waals surface area contributed by atoms with Crippen molar-refractivity contribution in [3.63, 3.8) is 0 Å². The Bertz CT molecular complexity index is 559. The number of carbonyl (C=O) groups is 4. The number of ketones is 2. The molecule has 0 aromatic carbocycles. The van der Waals surface area contributed by atoms with Crippen molar-refractivity contribution in [2.75, 3.05) is 20.7 Å². The lowest BCUT2D eigenvalue weighted by Gasteiger charge is -2.35. The van der Waals surface area contributed by atoms with Crippen molar-refractivity contribution in [2.24, 2.45) is 5.41 Å². The molecule has 0 bridgehead atoms. The molecule has 8 nitrogen and oxygen atoms in total. The van der Waals surface area contributed by atoms with E-state index < -0.39 is 29.7 Å². The number of aliphatic hydroxyl groups is 1. The normalized spacial score (nSPS) is 15.8. The van der Waals surface area contributed by atoms with Crippen molar-refractivity contribution in [1.29, 1.82) is 0 Å². The fourth-order valence-electron chi connectivity index (χ4n) is 3.47. The van der Waals surface area contributed by atoms with Crippen LogP contribution < -0.4 is 10.6 Å². The molecule has 1 aliphatic rings. The number of Topliss-reactive ketones (excluding diaryl/α,β-unsaturated/α-hetero) is 2. The van der Waals surface area contributed by atoms with Gasteiger partial charge in [-0.15, -0.1) is 0 Å². The second-order valence-corrected chi connectivity index (χ2v) is 8.05. The summed E-state index contributed by atoms with van der Waals surface area (Å²) in [5.41, 5.74) is -0.287. The minimum absolute atomic E-state index is 0.109. The number of nitrogens with zero attached hydrogens (tertiary/aromatic N) is 1. The number of likely N-dealkylation sites (N-methyl/N-ethyl adjacent to an activating group) is 1. The molecule has 1 aliphatic heterocycles. The minimum Gasteiger partial charge on any atom is -0.400 e. The van der Waals surface area contributed by atoms with Gasteiger partial charge in [-0.1, -0.05) is 75.7 Å². The minimum atomic E-state index is -0.815. The summed E-state index contributed by atoms with van der Waals surface area (Å²) in [5, 5.41) is 12.7. The molecule has 2 amide bonds. The molecule has 1 rings (SSSR count). The molecule has 3 unspecified atom stereocenters. The summed E-state index contributed by atoms with van der Waals surface area (Å²) in [5.74, 6) is -1.61. The van der Waals surface area contributed by atoms with Gasteiger partial charge in [0.1, 0.15) is 6.04 Å². The van der Waals surface area contributed by atoms with Crippen molar-refractivity contribution in [3.8, 4) is 0 Å². The van der Waals surface area contributed by atoms with Gasteiger partial charge in [-0.25, -0.2) is 0 Å². The molecule has 0 aromatic rings. The Kier molecular flexibility index (Phi) is 26.6. The molecule has 8 heteroatoms. The molecular formula is C26H55N3O5. The van der Waals surface area contributed by atoms with Crippen LogP contribution in [0.1, 0.15) is 102 Å². The van der Waals surface area contributed by atoms with Gasteiger partial charge in [0.2, 0.25) is 17.6 Å². The highest BCUT2D eigenvalue weighted by Crippen LogP contribution is 2.25. The Morgan fingerprint density at radius 1 is 1.00 bits per heavy atom. The summed E-state index contributed by atoms with van der Waals surface area (Å²) in [7, 11) is 2.74. The molecular weight excluding hydrogens is 434 g/mol. The van der Waals surface area contributed by atoms with E-state index in [2.05, 4.69) is 10.6 Å². The zero-order valence-electron chi connectivity index (χ0n) is 24.3. The lowest BCUT2D eigenvalue weighted by atomic mass is 9.86. The predicted molar refractivity (Wildman–Crippen MR) is 142 cm³/mol. The van der Waals surface area contributed by atoms with E-state index in [9.17, 15) is 19.2 Å². The van der Waals surface area contributed by atoms with Gasteiger partial charge in [0, 0.05) is 20.6 Å². The third-order valence-electron chi connectivity index (χ3n) is 4.80. The molecule has 0 saturated carbocycles.